The first kappa shape index (κ1) is 18.0. The maximum atomic E-state index is 11.4. The quantitative estimate of drug-likeness (QED) is 0.885. The Labute approximate surface area is 147 Å². The number of rotatable bonds is 6. The molecule has 0 heterocycles. The Bertz CT molecular complexity index is 906. The van der Waals surface area contributed by atoms with Gasteiger partial charge in [0.2, 0.25) is 5.91 Å². The summed E-state index contributed by atoms with van der Waals surface area (Å²) in [5.41, 5.74) is 1.67. The summed E-state index contributed by atoms with van der Waals surface area (Å²) in [7, 11) is 0. The van der Waals surface area contributed by atoms with E-state index < -0.39 is 0 Å². The van der Waals surface area contributed by atoms with Crippen molar-refractivity contribution in [3.63, 3.8) is 0 Å². The van der Waals surface area contributed by atoms with Gasteiger partial charge >= 0.3 is 0 Å². The minimum absolute atomic E-state index is 0.162. The van der Waals surface area contributed by atoms with Crippen molar-refractivity contribution >= 4 is 23.7 Å². The van der Waals surface area contributed by atoms with Crippen LogP contribution in [0.15, 0.2) is 60.7 Å². The third-order valence-corrected chi connectivity index (χ3v) is 3.50. The van der Waals surface area contributed by atoms with Crippen LogP contribution in [-0.2, 0) is 4.79 Å². The van der Waals surface area contributed by atoms with Crippen molar-refractivity contribution < 1.29 is 9.53 Å². The zero-order valence-electron chi connectivity index (χ0n) is 14.2. The lowest BCUT2D eigenvalue weighted by atomic mass is 10.1. The highest BCUT2D eigenvalue weighted by Gasteiger charge is 2.02. The zero-order chi connectivity index (χ0) is 18.1. The minimum atomic E-state index is -0.327. The first-order valence-corrected chi connectivity index (χ1v) is 7.93. The highest BCUT2D eigenvalue weighted by Crippen LogP contribution is 2.16. The number of ether oxygens (including phenoxy) is 1. The fourth-order valence-electron chi connectivity index (χ4n) is 2.32. The van der Waals surface area contributed by atoms with Crippen LogP contribution in [0.2, 0.25) is 0 Å². The number of nitrogens with zero attached hydrogens (tertiary/aromatic N) is 1. The van der Waals surface area contributed by atoms with Crippen molar-refractivity contribution in [2.45, 2.75) is 13.3 Å². The van der Waals surface area contributed by atoms with Crippen LogP contribution in [0, 0.1) is 11.3 Å². The lowest BCUT2D eigenvalue weighted by Crippen LogP contribution is -2.26. The fourth-order valence-corrected chi connectivity index (χ4v) is 2.32. The molecule has 0 bridgehead atoms. The molecule has 0 aliphatic heterocycles. The average molecular weight is 332 g/mol. The molecule has 1 amide bonds. The number of anilines is 1. The molecule has 0 fully saturated rings. The lowest BCUT2D eigenvalue weighted by molar-refractivity contribution is -0.115. The van der Waals surface area contributed by atoms with E-state index in [4.69, 9.17) is 10.00 Å². The molecular formula is C21H20N2O2. The van der Waals surface area contributed by atoms with Crippen molar-refractivity contribution in [3.05, 3.63) is 71.1 Å². The number of amides is 1. The molecule has 2 aromatic carbocycles. The van der Waals surface area contributed by atoms with Crippen LogP contribution in [0.4, 0.5) is 5.69 Å². The van der Waals surface area contributed by atoms with Crippen molar-refractivity contribution in [1.82, 2.24) is 0 Å². The van der Waals surface area contributed by atoms with E-state index in [-0.39, 0.29) is 12.3 Å². The van der Waals surface area contributed by atoms with Gasteiger partial charge in [-0.1, -0.05) is 43.0 Å². The molecule has 0 saturated heterocycles. The molecule has 2 rings (SSSR count). The fraction of sp³-hybridized carbons (Fsp3) is 0.143. The van der Waals surface area contributed by atoms with Gasteiger partial charge in [0, 0.05) is 5.69 Å². The van der Waals surface area contributed by atoms with Crippen LogP contribution < -0.4 is 20.5 Å². The van der Waals surface area contributed by atoms with E-state index in [1.807, 2.05) is 49.4 Å². The van der Waals surface area contributed by atoms with Gasteiger partial charge in [0.1, 0.15) is 18.8 Å². The summed E-state index contributed by atoms with van der Waals surface area (Å²) in [5, 5.41) is 13.2. The second-order valence-corrected chi connectivity index (χ2v) is 5.38. The predicted octanol–water partition coefficient (Wildman–Crippen LogP) is 2.75. The van der Waals surface area contributed by atoms with Crippen molar-refractivity contribution in [1.29, 1.82) is 5.26 Å². The molecule has 0 spiro atoms. The number of hydrogen-bond acceptors (Lipinski definition) is 3. The largest absolute Gasteiger partial charge is 0.489 e. The number of benzene rings is 2. The standard InChI is InChI=1S/C21H20N2O2/c1-3-6-17(20-8-5-4-7-16(20)2)15-25-19-11-9-18(10-12-19)23-21(24)13-14-22/h3-12H,2,13,15H2,1H3,(H,23,24)/b6-3?,20-17+. The number of carbonyl (C=O) groups is 1. The van der Waals surface area contributed by atoms with Gasteiger partial charge in [-0.05, 0) is 47.2 Å². The van der Waals surface area contributed by atoms with Crippen LogP contribution in [0.5, 0.6) is 5.75 Å². The first-order chi connectivity index (χ1) is 12.1. The molecule has 25 heavy (non-hydrogen) atoms. The van der Waals surface area contributed by atoms with Crippen molar-refractivity contribution in [2.75, 3.05) is 11.9 Å². The van der Waals surface area contributed by atoms with Crippen LogP contribution in [0.1, 0.15) is 13.3 Å². The molecule has 4 nitrogen and oxygen atoms in total. The van der Waals surface area contributed by atoms with E-state index in [0.29, 0.717) is 18.0 Å². The molecule has 0 atom stereocenters. The highest BCUT2D eigenvalue weighted by molar-refractivity contribution is 5.92. The SMILES string of the molecule is C=c1cccc/c1=C(/C=CC)COc1ccc(NC(=O)CC#N)cc1. The van der Waals surface area contributed by atoms with Crippen LogP contribution in [0.25, 0.3) is 12.2 Å². The minimum Gasteiger partial charge on any atom is -0.489 e. The molecule has 0 aliphatic carbocycles. The lowest BCUT2D eigenvalue weighted by Gasteiger charge is -2.09. The molecule has 0 aliphatic rings. The molecular weight excluding hydrogens is 312 g/mol. The van der Waals surface area contributed by atoms with Gasteiger partial charge in [-0.15, -0.1) is 0 Å². The molecule has 0 saturated carbocycles. The number of allylic oxidation sites excluding steroid dienone is 1. The summed E-state index contributed by atoms with van der Waals surface area (Å²) in [6, 6.07) is 16.8. The topological polar surface area (TPSA) is 62.1 Å². The van der Waals surface area contributed by atoms with Crippen molar-refractivity contribution in [3.8, 4) is 11.8 Å². The summed E-state index contributed by atoms with van der Waals surface area (Å²) in [6.45, 7) is 6.44. The van der Waals surface area contributed by atoms with Gasteiger partial charge in [0.05, 0.1) is 6.07 Å². The van der Waals surface area contributed by atoms with E-state index in [0.717, 1.165) is 16.0 Å². The Kier molecular flexibility index (Phi) is 6.56. The first-order valence-electron chi connectivity index (χ1n) is 7.93. The Morgan fingerprint density at radius 1 is 1.24 bits per heavy atom. The molecule has 0 radical (unpaired) electrons. The summed E-state index contributed by atoms with van der Waals surface area (Å²) in [4.78, 5) is 11.4. The summed E-state index contributed by atoms with van der Waals surface area (Å²) >= 11 is 0. The number of hydrogen-bond donors (Lipinski definition) is 1. The Morgan fingerprint density at radius 2 is 1.96 bits per heavy atom. The highest BCUT2D eigenvalue weighted by atomic mass is 16.5. The third-order valence-electron chi connectivity index (χ3n) is 3.50. The van der Waals surface area contributed by atoms with Gasteiger partial charge in [0.25, 0.3) is 0 Å². The maximum absolute atomic E-state index is 11.4. The van der Waals surface area contributed by atoms with Gasteiger partial charge in [-0.25, -0.2) is 0 Å². The molecule has 0 unspecified atom stereocenters. The predicted molar refractivity (Wildman–Crippen MR) is 100 cm³/mol. The van der Waals surface area contributed by atoms with Gasteiger partial charge in [0.15, 0.2) is 0 Å². The monoisotopic (exact) mass is 332 g/mol. The van der Waals surface area contributed by atoms with E-state index in [1.54, 1.807) is 24.3 Å². The smallest absolute Gasteiger partial charge is 0.238 e. The Hall–Kier alpha value is -3.32. The van der Waals surface area contributed by atoms with Gasteiger partial charge in [-0.3, -0.25) is 4.79 Å². The van der Waals surface area contributed by atoms with Crippen LogP contribution in [0.3, 0.4) is 0 Å². The average Bonchev–Trinajstić information content (AvgIpc) is 2.61. The number of carbonyl (C=O) groups excluding carboxylic acids is 1. The maximum Gasteiger partial charge on any atom is 0.238 e. The van der Waals surface area contributed by atoms with E-state index in [9.17, 15) is 4.79 Å². The molecule has 4 heteroatoms. The van der Waals surface area contributed by atoms with Crippen molar-refractivity contribution in [2.24, 2.45) is 0 Å². The summed E-state index contributed by atoms with van der Waals surface area (Å²) in [5.74, 6) is 0.369. The van der Waals surface area contributed by atoms with Crippen LogP contribution in [-0.4, -0.2) is 12.5 Å². The van der Waals surface area contributed by atoms with E-state index in [2.05, 4.69) is 11.9 Å². The Morgan fingerprint density at radius 3 is 2.60 bits per heavy atom. The summed E-state index contributed by atoms with van der Waals surface area (Å²) in [6.07, 6.45) is 3.82. The number of nitrogens with one attached hydrogen (secondary N) is 1. The second kappa shape index (κ2) is 9.09. The molecule has 126 valence electrons. The second-order valence-electron chi connectivity index (χ2n) is 5.38. The normalized spacial score (nSPS) is 11.7. The zero-order valence-corrected chi connectivity index (χ0v) is 14.2. The van der Waals surface area contributed by atoms with Gasteiger partial charge < -0.3 is 10.1 Å². The van der Waals surface area contributed by atoms with E-state index >= 15 is 0 Å². The number of nitriles is 1. The Balaban J connectivity index is 2.11. The van der Waals surface area contributed by atoms with Crippen LogP contribution >= 0.6 is 0 Å². The van der Waals surface area contributed by atoms with E-state index in [1.165, 1.54) is 0 Å². The summed E-state index contributed by atoms with van der Waals surface area (Å²) < 4.78 is 5.86. The third kappa shape index (κ3) is 5.36. The molecule has 2 aromatic rings. The molecule has 1 N–H and O–H groups in total. The molecule has 0 aromatic heterocycles. The van der Waals surface area contributed by atoms with Gasteiger partial charge in [-0.2, -0.15) is 5.26 Å².